The molecule has 0 saturated carbocycles. The quantitative estimate of drug-likeness (QED) is 0.871. The first-order chi connectivity index (χ1) is 12.2. The first kappa shape index (κ1) is 17.1. The number of carbonyl (C=O) groups is 1. The largest absolute Gasteiger partial charge is 0.497 e. The van der Waals surface area contributed by atoms with Gasteiger partial charge in [0.05, 0.1) is 7.11 Å². The Morgan fingerprint density at radius 1 is 1.00 bits per heavy atom. The Bertz CT molecular complexity index is 692. The van der Waals surface area contributed by atoms with E-state index < -0.39 is 6.10 Å². The van der Waals surface area contributed by atoms with Crippen molar-refractivity contribution >= 4 is 17.3 Å². The molecule has 0 aromatic heterocycles. The van der Waals surface area contributed by atoms with Crippen molar-refractivity contribution in [3.8, 4) is 11.5 Å². The number of nitrogens with one attached hydrogen (secondary N) is 1. The highest BCUT2D eigenvalue weighted by atomic mass is 16.5. The molecule has 2 aromatic rings. The summed E-state index contributed by atoms with van der Waals surface area (Å²) in [6, 6.07) is 15.2. The predicted octanol–water partition coefficient (Wildman–Crippen LogP) is 3.70. The van der Waals surface area contributed by atoms with Crippen LogP contribution in [0.3, 0.4) is 0 Å². The van der Waals surface area contributed by atoms with Crippen molar-refractivity contribution in [3.05, 3.63) is 48.5 Å². The lowest BCUT2D eigenvalue weighted by molar-refractivity contribution is -0.122. The summed E-state index contributed by atoms with van der Waals surface area (Å²) in [6.07, 6.45) is 1.91. The Morgan fingerprint density at radius 2 is 1.60 bits per heavy atom. The summed E-state index contributed by atoms with van der Waals surface area (Å²) in [4.78, 5) is 14.7. The van der Waals surface area contributed by atoms with E-state index in [1.165, 1.54) is 18.5 Å². The molecule has 0 radical (unpaired) electrons. The number of hydrogen-bond acceptors (Lipinski definition) is 4. The van der Waals surface area contributed by atoms with Crippen LogP contribution in [0, 0.1) is 0 Å². The molecule has 1 aliphatic rings. The third-order valence-corrected chi connectivity index (χ3v) is 4.35. The van der Waals surface area contributed by atoms with Gasteiger partial charge in [-0.05, 0) is 68.3 Å². The number of hydrogen-bond donors (Lipinski definition) is 1. The van der Waals surface area contributed by atoms with Crippen molar-refractivity contribution in [3.63, 3.8) is 0 Å². The first-order valence-electron chi connectivity index (χ1n) is 8.62. The molecule has 0 aliphatic carbocycles. The molecule has 132 valence electrons. The van der Waals surface area contributed by atoms with Crippen LogP contribution in [-0.4, -0.2) is 32.2 Å². The fraction of sp³-hybridized carbons (Fsp3) is 0.350. The van der Waals surface area contributed by atoms with E-state index in [-0.39, 0.29) is 5.91 Å². The van der Waals surface area contributed by atoms with Crippen LogP contribution in [0.4, 0.5) is 11.4 Å². The number of methoxy groups -OCH3 is 1. The molecule has 0 spiro atoms. The van der Waals surface area contributed by atoms with Crippen LogP contribution in [0.2, 0.25) is 0 Å². The molecule has 1 saturated heterocycles. The van der Waals surface area contributed by atoms with E-state index in [0.29, 0.717) is 5.75 Å². The molecule has 5 nitrogen and oxygen atoms in total. The van der Waals surface area contributed by atoms with Gasteiger partial charge in [0.1, 0.15) is 11.5 Å². The second-order valence-electron chi connectivity index (χ2n) is 6.17. The van der Waals surface area contributed by atoms with Crippen molar-refractivity contribution in [2.45, 2.75) is 25.9 Å². The standard InChI is InChI=1S/C20H24N2O3/c1-15(25-19-11-9-18(24-2)10-12-19)20(23)21-16-5-7-17(8-6-16)22-13-3-4-14-22/h5-12,15H,3-4,13-14H2,1-2H3,(H,21,23)/t15-/m1/s1. The third kappa shape index (κ3) is 4.44. The highest BCUT2D eigenvalue weighted by Gasteiger charge is 2.16. The summed E-state index contributed by atoms with van der Waals surface area (Å²) < 4.78 is 10.8. The summed E-state index contributed by atoms with van der Waals surface area (Å²) >= 11 is 0. The van der Waals surface area contributed by atoms with Crippen LogP contribution in [0.1, 0.15) is 19.8 Å². The van der Waals surface area contributed by atoms with Crippen LogP contribution >= 0.6 is 0 Å². The second kappa shape index (κ2) is 7.92. The van der Waals surface area contributed by atoms with Gasteiger partial charge < -0.3 is 19.7 Å². The molecule has 3 rings (SSSR count). The molecule has 1 heterocycles. The Kier molecular flexibility index (Phi) is 5.43. The van der Waals surface area contributed by atoms with Gasteiger partial charge in [-0.25, -0.2) is 0 Å². The van der Waals surface area contributed by atoms with E-state index in [0.717, 1.165) is 24.5 Å². The maximum absolute atomic E-state index is 12.3. The van der Waals surface area contributed by atoms with E-state index in [9.17, 15) is 4.79 Å². The van der Waals surface area contributed by atoms with Gasteiger partial charge in [-0.2, -0.15) is 0 Å². The average molecular weight is 340 g/mol. The molecule has 1 fully saturated rings. The van der Waals surface area contributed by atoms with Crippen LogP contribution in [0.15, 0.2) is 48.5 Å². The van der Waals surface area contributed by atoms with Crippen molar-refractivity contribution in [2.24, 2.45) is 0 Å². The molecule has 1 amide bonds. The van der Waals surface area contributed by atoms with Crippen LogP contribution in [0.5, 0.6) is 11.5 Å². The summed E-state index contributed by atoms with van der Waals surface area (Å²) in [7, 11) is 1.61. The second-order valence-corrected chi connectivity index (χ2v) is 6.17. The average Bonchev–Trinajstić information content (AvgIpc) is 3.17. The first-order valence-corrected chi connectivity index (χ1v) is 8.62. The fourth-order valence-electron chi connectivity index (χ4n) is 2.89. The van der Waals surface area contributed by atoms with Gasteiger partial charge in [0.15, 0.2) is 6.10 Å². The van der Waals surface area contributed by atoms with Gasteiger partial charge >= 0.3 is 0 Å². The van der Waals surface area contributed by atoms with Crippen molar-refractivity contribution in [1.29, 1.82) is 0 Å². The lowest BCUT2D eigenvalue weighted by atomic mass is 10.2. The number of nitrogens with zero attached hydrogens (tertiary/aromatic N) is 1. The number of benzene rings is 2. The molecule has 1 aliphatic heterocycles. The fourth-order valence-corrected chi connectivity index (χ4v) is 2.89. The molecular formula is C20H24N2O3. The maximum atomic E-state index is 12.3. The van der Waals surface area contributed by atoms with Crippen LogP contribution in [-0.2, 0) is 4.79 Å². The molecule has 1 atom stereocenters. The van der Waals surface area contributed by atoms with Crippen molar-refractivity contribution in [1.82, 2.24) is 0 Å². The van der Waals surface area contributed by atoms with Gasteiger partial charge in [0.2, 0.25) is 0 Å². The molecular weight excluding hydrogens is 316 g/mol. The SMILES string of the molecule is COc1ccc(O[C@H](C)C(=O)Nc2ccc(N3CCCC3)cc2)cc1. The molecule has 1 N–H and O–H groups in total. The highest BCUT2D eigenvalue weighted by molar-refractivity contribution is 5.94. The predicted molar refractivity (Wildman–Crippen MR) is 99.6 cm³/mol. The topological polar surface area (TPSA) is 50.8 Å². The van der Waals surface area contributed by atoms with Gasteiger partial charge in [0, 0.05) is 24.5 Å². The normalized spacial score (nSPS) is 14.9. The summed E-state index contributed by atoms with van der Waals surface area (Å²) in [5.74, 6) is 1.21. The Hall–Kier alpha value is -2.69. The number of amides is 1. The number of rotatable bonds is 6. The Morgan fingerprint density at radius 3 is 2.20 bits per heavy atom. The highest BCUT2D eigenvalue weighted by Crippen LogP contribution is 2.22. The monoisotopic (exact) mass is 340 g/mol. The van der Waals surface area contributed by atoms with Crippen LogP contribution in [0.25, 0.3) is 0 Å². The zero-order valence-electron chi connectivity index (χ0n) is 14.7. The molecule has 0 bridgehead atoms. The summed E-state index contributed by atoms with van der Waals surface area (Å²) in [6.45, 7) is 3.95. The minimum atomic E-state index is -0.591. The minimum absolute atomic E-state index is 0.176. The van der Waals surface area contributed by atoms with Gasteiger partial charge in [-0.3, -0.25) is 4.79 Å². The lowest BCUT2D eigenvalue weighted by Gasteiger charge is -2.18. The van der Waals surface area contributed by atoms with E-state index in [2.05, 4.69) is 22.3 Å². The number of anilines is 2. The van der Waals surface area contributed by atoms with E-state index in [4.69, 9.17) is 9.47 Å². The molecule has 5 heteroatoms. The molecule has 0 unspecified atom stereocenters. The van der Waals surface area contributed by atoms with E-state index in [1.54, 1.807) is 38.3 Å². The van der Waals surface area contributed by atoms with E-state index in [1.807, 2.05) is 12.1 Å². The van der Waals surface area contributed by atoms with Crippen molar-refractivity contribution in [2.75, 3.05) is 30.4 Å². The summed E-state index contributed by atoms with van der Waals surface area (Å²) in [5, 5.41) is 2.90. The van der Waals surface area contributed by atoms with Gasteiger partial charge in [0.25, 0.3) is 5.91 Å². The van der Waals surface area contributed by atoms with Crippen molar-refractivity contribution < 1.29 is 14.3 Å². The molecule has 2 aromatic carbocycles. The van der Waals surface area contributed by atoms with Gasteiger partial charge in [-0.1, -0.05) is 0 Å². The van der Waals surface area contributed by atoms with E-state index >= 15 is 0 Å². The Balaban J connectivity index is 1.55. The van der Waals surface area contributed by atoms with Gasteiger partial charge in [-0.15, -0.1) is 0 Å². The zero-order chi connectivity index (χ0) is 17.6. The third-order valence-electron chi connectivity index (χ3n) is 4.35. The van der Waals surface area contributed by atoms with Crippen LogP contribution < -0.4 is 19.7 Å². The Labute approximate surface area is 148 Å². The minimum Gasteiger partial charge on any atom is -0.497 e. The number of ether oxygens (including phenoxy) is 2. The maximum Gasteiger partial charge on any atom is 0.265 e. The number of carbonyl (C=O) groups excluding carboxylic acids is 1. The molecule has 25 heavy (non-hydrogen) atoms. The lowest BCUT2D eigenvalue weighted by Crippen LogP contribution is -2.30. The smallest absolute Gasteiger partial charge is 0.265 e. The summed E-state index contributed by atoms with van der Waals surface area (Å²) in [5.41, 5.74) is 1.98. The zero-order valence-corrected chi connectivity index (χ0v) is 14.7.